The quantitative estimate of drug-likeness (QED) is 0.862. The van der Waals surface area contributed by atoms with E-state index in [1.165, 1.54) is 0 Å². The van der Waals surface area contributed by atoms with Gasteiger partial charge in [0.05, 0.1) is 5.54 Å². The van der Waals surface area contributed by atoms with Crippen molar-refractivity contribution in [2.75, 3.05) is 5.32 Å². The van der Waals surface area contributed by atoms with Crippen molar-refractivity contribution in [3.05, 3.63) is 34.9 Å². The molecule has 0 aromatic carbocycles. The number of hydrogen-bond donors (Lipinski definition) is 1. The Hall–Kier alpha value is -1.49. The molecule has 1 N–H and O–H groups in total. The highest BCUT2D eigenvalue weighted by Gasteiger charge is 2.23. The molecule has 0 spiro atoms. The van der Waals surface area contributed by atoms with Crippen LogP contribution in [0.25, 0.3) is 0 Å². The SMILES string of the molecule is CC(C)(Nc1cccnn1)c1nccs1. The molecule has 0 amide bonds. The van der Waals surface area contributed by atoms with Gasteiger partial charge in [0.15, 0.2) is 0 Å². The molecule has 0 aliphatic heterocycles. The van der Waals surface area contributed by atoms with Crippen LogP contribution in [0.3, 0.4) is 0 Å². The largest absolute Gasteiger partial charge is 0.357 e. The van der Waals surface area contributed by atoms with E-state index in [0.717, 1.165) is 10.8 Å². The zero-order chi connectivity index (χ0) is 10.7. The van der Waals surface area contributed by atoms with Gasteiger partial charge in [-0.1, -0.05) is 0 Å². The van der Waals surface area contributed by atoms with Crippen LogP contribution in [0.1, 0.15) is 18.9 Å². The molecular weight excluding hydrogens is 208 g/mol. The summed E-state index contributed by atoms with van der Waals surface area (Å²) in [6.45, 7) is 4.14. The van der Waals surface area contributed by atoms with Crippen molar-refractivity contribution in [1.29, 1.82) is 0 Å². The third-order valence-corrected chi connectivity index (χ3v) is 3.08. The number of aromatic nitrogens is 3. The van der Waals surface area contributed by atoms with Gasteiger partial charge < -0.3 is 5.32 Å². The van der Waals surface area contributed by atoms with Gasteiger partial charge in [-0.2, -0.15) is 5.10 Å². The Morgan fingerprint density at radius 2 is 2.20 bits per heavy atom. The van der Waals surface area contributed by atoms with Crippen LogP contribution in [0.5, 0.6) is 0 Å². The van der Waals surface area contributed by atoms with Crippen molar-refractivity contribution in [1.82, 2.24) is 15.2 Å². The molecule has 0 radical (unpaired) electrons. The van der Waals surface area contributed by atoms with Crippen molar-refractivity contribution in [2.45, 2.75) is 19.4 Å². The number of rotatable bonds is 3. The van der Waals surface area contributed by atoms with E-state index in [-0.39, 0.29) is 5.54 Å². The average molecular weight is 220 g/mol. The number of thiazole rings is 1. The van der Waals surface area contributed by atoms with Gasteiger partial charge in [0, 0.05) is 17.8 Å². The van der Waals surface area contributed by atoms with E-state index in [1.807, 2.05) is 17.5 Å². The fourth-order valence-electron chi connectivity index (χ4n) is 1.27. The molecule has 0 fully saturated rings. The predicted octanol–water partition coefficient (Wildman–Crippen LogP) is 2.28. The lowest BCUT2D eigenvalue weighted by atomic mass is 10.1. The van der Waals surface area contributed by atoms with Crippen LogP contribution in [-0.4, -0.2) is 15.2 Å². The second-order valence-electron chi connectivity index (χ2n) is 3.70. The van der Waals surface area contributed by atoms with Gasteiger partial charge in [0.1, 0.15) is 10.8 Å². The Morgan fingerprint density at radius 3 is 2.80 bits per heavy atom. The maximum Gasteiger partial charge on any atom is 0.149 e. The molecule has 2 aromatic rings. The van der Waals surface area contributed by atoms with E-state index in [9.17, 15) is 0 Å². The summed E-state index contributed by atoms with van der Waals surface area (Å²) in [6.07, 6.45) is 3.46. The molecule has 0 saturated heterocycles. The summed E-state index contributed by atoms with van der Waals surface area (Å²) >= 11 is 1.63. The molecule has 0 atom stereocenters. The predicted molar refractivity (Wildman–Crippen MR) is 60.8 cm³/mol. The van der Waals surface area contributed by atoms with Crippen LogP contribution in [0.2, 0.25) is 0 Å². The van der Waals surface area contributed by atoms with E-state index < -0.39 is 0 Å². The van der Waals surface area contributed by atoms with E-state index in [1.54, 1.807) is 23.7 Å². The lowest BCUT2D eigenvalue weighted by molar-refractivity contribution is 0.599. The molecule has 0 bridgehead atoms. The molecule has 0 aliphatic carbocycles. The Labute approximate surface area is 92.4 Å². The maximum absolute atomic E-state index is 4.29. The van der Waals surface area contributed by atoms with Gasteiger partial charge >= 0.3 is 0 Å². The number of nitrogens with zero attached hydrogens (tertiary/aromatic N) is 3. The maximum atomic E-state index is 4.29. The third kappa shape index (κ3) is 2.30. The highest BCUT2D eigenvalue weighted by molar-refractivity contribution is 7.09. The van der Waals surface area contributed by atoms with Gasteiger partial charge in [0.25, 0.3) is 0 Å². The highest BCUT2D eigenvalue weighted by atomic mass is 32.1. The molecule has 2 heterocycles. The first-order chi connectivity index (χ1) is 7.18. The molecule has 0 aliphatic rings. The summed E-state index contributed by atoms with van der Waals surface area (Å²) in [4.78, 5) is 4.29. The summed E-state index contributed by atoms with van der Waals surface area (Å²) in [7, 11) is 0. The Bertz CT molecular complexity index is 410. The summed E-state index contributed by atoms with van der Waals surface area (Å²) in [6, 6.07) is 3.75. The summed E-state index contributed by atoms with van der Waals surface area (Å²) in [5.41, 5.74) is -0.218. The molecule has 78 valence electrons. The van der Waals surface area contributed by atoms with Gasteiger partial charge in [0.2, 0.25) is 0 Å². The molecule has 2 rings (SSSR count). The number of hydrogen-bond acceptors (Lipinski definition) is 5. The van der Waals surface area contributed by atoms with E-state index in [2.05, 4.69) is 34.3 Å². The van der Waals surface area contributed by atoms with Gasteiger partial charge in [-0.05, 0) is 26.0 Å². The molecule has 4 nitrogen and oxygen atoms in total. The van der Waals surface area contributed by atoms with Crippen LogP contribution in [-0.2, 0) is 5.54 Å². The Morgan fingerprint density at radius 1 is 1.33 bits per heavy atom. The average Bonchev–Trinajstić information content (AvgIpc) is 2.71. The Balaban J connectivity index is 2.18. The minimum Gasteiger partial charge on any atom is -0.357 e. The minimum absolute atomic E-state index is 0.218. The summed E-state index contributed by atoms with van der Waals surface area (Å²) in [5.74, 6) is 0.762. The third-order valence-electron chi connectivity index (χ3n) is 1.98. The van der Waals surface area contributed by atoms with Crippen molar-refractivity contribution < 1.29 is 0 Å². The smallest absolute Gasteiger partial charge is 0.149 e. The standard InChI is InChI=1S/C10H12N4S/c1-10(2,9-11-6-7-15-9)13-8-4-3-5-12-14-8/h3-7H,1-2H3,(H,13,14). The van der Waals surface area contributed by atoms with Crippen LogP contribution < -0.4 is 5.32 Å². The van der Waals surface area contributed by atoms with E-state index >= 15 is 0 Å². The van der Waals surface area contributed by atoms with Gasteiger partial charge in [-0.25, -0.2) is 4.98 Å². The Kier molecular flexibility index (Phi) is 2.64. The highest BCUT2D eigenvalue weighted by Crippen LogP contribution is 2.25. The molecule has 2 aromatic heterocycles. The van der Waals surface area contributed by atoms with Crippen LogP contribution in [0.4, 0.5) is 5.82 Å². The lowest BCUT2D eigenvalue weighted by Gasteiger charge is -2.23. The van der Waals surface area contributed by atoms with Gasteiger partial charge in [-0.15, -0.1) is 16.4 Å². The van der Waals surface area contributed by atoms with Gasteiger partial charge in [-0.3, -0.25) is 0 Å². The van der Waals surface area contributed by atoms with Crippen molar-refractivity contribution in [3.63, 3.8) is 0 Å². The molecule has 0 unspecified atom stereocenters. The van der Waals surface area contributed by atoms with Crippen LogP contribution in [0.15, 0.2) is 29.9 Å². The number of nitrogens with one attached hydrogen (secondary N) is 1. The second-order valence-corrected chi connectivity index (χ2v) is 4.59. The summed E-state index contributed by atoms with van der Waals surface area (Å²) in [5, 5.41) is 14.1. The van der Waals surface area contributed by atoms with Crippen LogP contribution >= 0.6 is 11.3 Å². The molecule has 0 saturated carbocycles. The normalized spacial score (nSPS) is 11.3. The first-order valence-electron chi connectivity index (χ1n) is 4.64. The minimum atomic E-state index is -0.218. The fourth-order valence-corrected chi connectivity index (χ4v) is 1.99. The van der Waals surface area contributed by atoms with Crippen molar-refractivity contribution in [2.24, 2.45) is 0 Å². The van der Waals surface area contributed by atoms with Crippen molar-refractivity contribution in [3.8, 4) is 0 Å². The molecule has 15 heavy (non-hydrogen) atoms. The fraction of sp³-hybridized carbons (Fsp3) is 0.300. The first-order valence-corrected chi connectivity index (χ1v) is 5.52. The lowest BCUT2D eigenvalue weighted by Crippen LogP contribution is -2.28. The van der Waals surface area contributed by atoms with E-state index in [4.69, 9.17) is 0 Å². The number of anilines is 1. The second kappa shape index (κ2) is 3.94. The molecule has 5 heteroatoms. The zero-order valence-corrected chi connectivity index (χ0v) is 9.45. The zero-order valence-electron chi connectivity index (χ0n) is 8.64. The first kappa shape index (κ1) is 10.0. The molecular formula is C10H12N4S. The van der Waals surface area contributed by atoms with E-state index in [0.29, 0.717) is 0 Å². The van der Waals surface area contributed by atoms with Crippen molar-refractivity contribution >= 4 is 17.2 Å². The summed E-state index contributed by atoms with van der Waals surface area (Å²) < 4.78 is 0. The van der Waals surface area contributed by atoms with Crippen LogP contribution in [0, 0.1) is 0 Å². The topological polar surface area (TPSA) is 50.7 Å². The monoisotopic (exact) mass is 220 g/mol.